The Bertz CT molecular complexity index is 1690. The fraction of sp³-hybridized carbons (Fsp3) is 0.154. The zero-order valence-corrected chi connectivity index (χ0v) is 20.4. The van der Waals surface area contributed by atoms with Crippen molar-refractivity contribution in [2.24, 2.45) is 0 Å². The number of hydrogen-bond donors (Lipinski definition) is 2. The summed E-state index contributed by atoms with van der Waals surface area (Å²) in [4.78, 5) is 19.6. The molecular weight excluding hydrogens is 477 g/mol. The van der Waals surface area contributed by atoms with E-state index in [-0.39, 0.29) is 5.13 Å². The first-order valence-corrected chi connectivity index (χ1v) is 12.2. The van der Waals surface area contributed by atoms with Gasteiger partial charge >= 0.3 is 0 Å². The Hall–Kier alpha value is -4.15. The topological polar surface area (TPSA) is 95.6 Å². The third-order valence-electron chi connectivity index (χ3n) is 5.92. The first kappa shape index (κ1) is 22.3. The summed E-state index contributed by atoms with van der Waals surface area (Å²) >= 11 is 1.10. The number of nitrogens with one attached hydrogen (secondary N) is 2. The van der Waals surface area contributed by atoms with Crippen LogP contribution in [0.4, 0.5) is 4.39 Å². The van der Waals surface area contributed by atoms with Gasteiger partial charge in [-0.3, -0.25) is 15.1 Å². The molecule has 0 bridgehead atoms. The van der Waals surface area contributed by atoms with Gasteiger partial charge in [-0.05, 0) is 44.4 Å². The summed E-state index contributed by atoms with van der Waals surface area (Å²) < 4.78 is 19.5. The van der Waals surface area contributed by atoms with Crippen LogP contribution >= 0.6 is 11.3 Å². The lowest BCUT2D eigenvalue weighted by atomic mass is 10.1. The normalized spacial score (nSPS) is 11.7. The fourth-order valence-corrected chi connectivity index (χ4v) is 4.86. The van der Waals surface area contributed by atoms with Crippen LogP contribution in [0.25, 0.3) is 54.9 Å². The van der Waals surface area contributed by atoms with E-state index in [1.165, 1.54) is 6.07 Å². The summed E-state index contributed by atoms with van der Waals surface area (Å²) in [5.74, 6) is 0.711. The number of pyridine rings is 3. The van der Waals surface area contributed by atoms with E-state index in [9.17, 15) is 4.39 Å². The van der Waals surface area contributed by atoms with Crippen molar-refractivity contribution >= 4 is 33.3 Å². The highest BCUT2D eigenvalue weighted by molar-refractivity contribution is 7.14. The summed E-state index contributed by atoms with van der Waals surface area (Å²) in [6.07, 6.45) is 8.82. The molecule has 36 heavy (non-hydrogen) atoms. The van der Waals surface area contributed by atoms with Crippen LogP contribution in [0.15, 0.2) is 61.3 Å². The Labute approximate surface area is 209 Å². The minimum absolute atomic E-state index is 0.224. The van der Waals surface area contributed by atoms with Crippen LogP contribution in [0.5, 0.6) is 5.75 Å². The van der Waals surface area contributed by atoms with Gasteiger partial charge < -0.3 is 14.6 Å². The molecule has 0 aromatic carbocycles. The van der Waals surface area contributed by atoms with Gasteiger partial charge in [0.15, 0.2) is 10.8 Å². The molecule has 6 aromatic heterocycles. The van der Waals surface area contributed by atoms with Gasteiger partial charge in [-0.25, -0.2) is 4.98 Å². The molecule has 0 aliphatic rings. The fourth-order valence-electron chi connectivity index (χ4n) is 4.11. The van der Waals surface area contributed by atoms with Crippen LogP contribution in [0.1, 0.15) is 0 Å². The maximum absolute atomic E-state index is 13.7. The molecule has 0 spiro atoms. The van der Waals surface area contributed by atoms with E-state index < -0.39 is 0 Å². The Morgan fingerprint density at radius 2 is 1.83 bits per heavy atom. The Balaban J connectivity index is 1.37. The molecule has 0 radical (unpaired) electrons. The first-order valence-electron chi connectivity index (χ1n) is 11.3. The van der Waals surface area contributed by atoms with E-state index >= 15 is 0 Å². The van der Waals surface area contributed by atoms with Crippen molar-refractivity contribution in [3.05, 3.63) is 66.4 Å². The molecule has 6 rings (SSSR count). The van der Waals surface area contributed by atoms with E-state index in [2.05, 4.69) is 35.0 Å². The van der Waals surface area contributed by atoms with Gasteiger partial charge in [-0.15, -0.1) is 11.3 Å². The van der Waals surface area contributed by atoms with Gasteiger partial charge in [0.2, 0.25) is 0 Å². The van der Waals surface area contributed by atoms with Gasteiger partial charge in [0.05, 0.1) is 29.3 Å². The third kappa shape index (κ3) is 4.21. The average molecular weight is 500 g/mol. The van der Waals surface area contributed by atoms with Crippen molar-refractivity contribution in [1.29, 1.82) is 0 Å². The Morgan fingerprint density at radius 1 is 0.972 bits per heavy atom. The second-order valence-corrected chi connectivity index (χ2v) is 9.72. The number of ether oxygens (including phenoxy) is 1. The maximum atomic E-state index is 13.7. The summed E-state index contributed by atoms with van der Waals surface area (Å²) in [7, 11) is 4.02. The number of rotatable bonds is 7. The summed E-state index contributed by atoms with van der Waals surface area (Å²) in [6.45, 7) is 1.40. The van der Waals surface area contributed by atoms with Crippen LogP contribution < -0.4 is 4.74 Å². The van der Waals surface area contributed by atoms with E-state index in [0.29, 0.717) is 18.0 Å². The quantitative estimate of drug-likeness (QED) is 0.307. The number of halogens is 1. The number of fused-ring (bicyclic) bond motifs is 2. The standard InChI is InChI=1S/C26H22FN7OS/c1-34(2)5-6-35-17-7-15(10-28-12-17)16-8-19-25(32-33-26(19)30-11-16)21-9-18-20(13-29-14-22(18)31-21)23-3-4-24(27)36-23/h3-4,7-14,31H,5-6H2,1-2H3,(H,30,32,33). The van der Waals surface area contributed by atoms with Gasteiger partial charge in [-0.1, -0.05) is 0 Å². The first-order chi connectivity index (χ1) is 17.5. The molecule has 0 aliphatic carbocycles. The van der Waals surface area contributed by atoms with Crippen molar-refractivity contribution in [2.45, 2.75) is 0 Å². The van der Waals surface area contributed by atoms with E-state index in [0.717, 1.165) is 67.1 Å². The second-order valence-electron chi connectivity index (χ2n) is 8.69. The molecule has 8 nitrogen and oxygen atoms in total. The van der Waals surface area contributed by atoms with Crippen LogP contribution in [0, 0.1) is 5.13 Å². The summed E-state index contributed by atoms with van der Waals surface area (Å²) in [5, 5.41) is 9.11. The number of nitrogens with zero attached hydrogens (tertiary/aromatic N) is 5. The van der Waals surface area contributed by atoms with Crippen molar-refractivity contribution in [3.8, 4) is 38.7 Å². The lowest BCUT2D eigenvalue weighted by Gasteiger charge is -2.11. The molecule has 0 amide bonds. The maximum Gasteiger partial charge on any atom is 0.181 e. The van der Waals surface area contributed by atoms with Crippen LogP contribution in [-0.2, 0) is 0 Å². The smallest absolute Gasteiger partial charge is 0.181 e. The average Bonchev–Trinajstić information content (AvgIpc) is 3.61. The second kappa shape index (κ2) is 9.14. The number of aromatic nitrogens is 6. The van der Waals surface area contributed by atoms with E-state index in [1.54, 1.807) is 37.1 Å². The molecule has 2 N–H and O–H groups in total. The van der Waals surface area contributed by atoms with Crippen LogP contribution in [-0.4, -0.2) is 62.3 Å². The minimum atomic E-state index is -0.224. The number of hydrogen-bond acceptors (Lipinski definition) is 7. The lowest BCUT2D eigenvalue weighted by Crippen LogP contribution is -2.19. The predicted octanol–water partition coefficient (Wildman–Crippen LogP) is 5.37. The molecule has 0 saturated carbocycles. The third-order valence-corrected chi connectivity index (χ3v) is 6.82. The number of thiophene rings is 1. The molecule has 0 saturated heterocycles. The monoisotopic (exact) mass is 499 g/mol. The molecule has 0 aliphatic heterocycles. The highest BCUT2D eigenvalue weighted by Gasteiger charge is 2.16. The van der Waals surface area contributed by atoms with Crippen molar-refractivity contribution in [3.63, 3.8) is 0 Å². The number of likely N-dealkylation sites (N-methyl/N-ethyl adjacent to an activating group) is 1. The van der Waals surface area contributed by atoms with E-state index in [4.69, 9.17) is 4.74 Å². The molecular formula is C26H22FN7OS. The van der Waals surface area contributed by atoms with Gasteiger partial charge in [0.1, 0.15) is 12.4 Å². The van der Waals surface area contributed by atoms with Crippen molar-refractivity contribution < 1.29 is 9.13 Å². The van der Waals surface area contributed by atoms with Gasteiger partial charge in [0, 0.05) is 57.5 Å². The summed E-state index contributed by atoms with van der Waals surface area (Å²) in [6, 6.07) is 9.29. The lowest BCUT2D eigenvalue weighted by molar-refractivity contribution is 0.261. The highest BCUT2D eigenvalue weighted by Crippen LogP contribution is 2.36. The number of aromatic amines is 2. The zero-order chi connectivity index (χ0) is 24.6. The summed E-state index contributed by atoms with van der Waals surface area (Å²) in [5.41, 5.74) is 5.81. The molecule has 0 unspecified atom stereocenters. The van der Waals surface area contributed by atoms with Gasteiger partial charge in [0.25, 0.3) is 0 Å². The molecule has 6 heterocycles. The zero-order valence-electron chi connectivity index (χ0n) is 19.6. The van der Waals surface area contributed by atoms with E-state index in [1.807, 2.05) is 32.3 Å². The molecule has 180 valence electrons. The predicted molar refractivity (Wildman–Crippen MR) is 140 cm³/mol. The SMILES string of the molecule is CN(C)CCOc1cncc(-c2cnc3n[nH]c(-c4cc5c(-c6ccc(F)s6)cncc5[nH]4)c3c2)c1. The van der Waals surface area contributed by atoms with Crippen molar-refractivity contribution in [2.75, 3.05) is 27.2 Å². The van der Waals surface area contributed by atoms with Crippen LogP contribution in [0.3, 0.4) is 0 Å². The molecule has 10 heteroatoms. The largest absolute Gasteiger partial charge is 0.491 e. The van der Waals surface area contributed by atoms with Crippen molar-refractivity contribution in [1.82, 2.24) is 35.0 Å². The molecule has 0 fully saturated rings. The molecule has 0 atom stereocenters. The minimum Gasteiger partial charge on any atom is -0.491 e. The molecule has 6 aromatic rings. The van der Waals surface area contributed by atoms with Gasteiger partial charge in [-0.2, -0.15) is 9.49 Å². The number of H-pyrrole nitrogens is 2. The Morgan fingerprint density at radius 3 is 2.67 bits per heavy atom. The van der Waals surface area contributed by atoms with Crippen LogP contribution in [0.2, 0.25) is 0 Å². The Kier molecular flexibility index (Phi) is 5.67. The highest BCUT2D eigenvalue weighted by atomic mass is 32.1.